The second kappa shape index (κ2) is 45.7. The van der Waals surface area contributed by atoms with Crippen LogP contribution in [0.4, 0.5) is 0 Å². The summed E-state index contributed by atoms with van der Waals surface area (Å²) in [5, 5.41) is 70.1. The van der Waals surface area contributed by atoms with E-state index in [1.165, 1.54) is 9.80 Å². The highest BCUT2D eigenvalue weighted by Crippen LogP contribution is 2.37. The summed E-state index contributed by atoms with van der Waals surface area (Å²) in [4.78, 5) is 255. The summed E-state index contributed by atoms with van der Waals surface area (Å²) in [6, 6.07) is -7.02. The van der Waals surface area contributed by atoms with E-state index in [0.29, 0.717) is 54.8 Å². The first-order chi connectivity index (χ1) is 53.6. The number of fused-ring (bicyclic) bond motifs is 2. The van der Waals surface area contributed by atoms with Crippen molar-refractivity contribution >= 4 is 130 Å². The Morgan fingerprint density at radius 3 is 1.63 bits per heavy atom. The zero-order chi connectivity index (χ0) is 83.2. The van der Waals surface area contributed by atoms with Gasteiger partial charge >= 0.3 is 23.9 Å². The van der Waals surface area contributed by atoms with Crippen molar-refractivity contribution in [2.45, 2.75) is 171 Å². The van der Waals surface area contributed by atoms with E-state index in [0.717, 1.165) is 25.3 Å². The third kappa shape index (κ3) is 29.6. The van der Waals surface area contributed by atoms with E-state index in [4.69, 9.17) is 11.5 Å². The monoisotopic (exact) mass is 1630 g/mol. The van der Waals surface area contributed by atoms with E-state index in [9.17, 15) is 102 Å². The van der Waals surface area contributed by atoms with Gasteiger partial charge in [-0.1, -0.05) is 50.1 Å². The Morgan fingerprint density at radius 2 is 1.10 bits per heavy atom. The second-order valence-electron chi connectivity index (χ2n) is 28.3. The Kier molecular flexibility index (Phi) is 37.2. The molecule has 0 spiro atoms. The number of aliphatic hydroxyl groups is 1. The van der Waals surface area contributed by atoms with Gasteiger partial charge in [-0.3, -0.25) is 111 Å². The molecule has 1 aromatic rings. The number of hydrogen-bond acceptors (Lipinski definition) is 25. The number of amides is 14. The standard InChI is InChI=1S/C71H105N17O23S2/c1-4-5-7-19-52(91)75-48-40-113-60-59(70(110)82(3)71(60)111)112-39-47(65(105)79-46(34-54(93)94)64(104)76-43(61(73)101)16-10-11-22-74-53(92)35-83-25-27-84(36-55(95)96)29-31-86(38-57(99)100)32-30-85(28-26-83)37-56(97)98)80-63(103)45(33-42-14-8-6-9-15-42)78-62(102)44(20-21-51(72)90)77-67(107)58(41(2)89)81-66(106)49-17-12-23-87(49)69(109)50-18-13-24-88(50)68(48)108/h6,8-9,14-15,41,43-50,58,89H,4-5,7,10-13,16-40H2,1-3H3,(H2,72,90)(H2,73,101)(H,74,92)(H,75,91)(H,76,104)(H,77,107)(H,78,102)(H,79,105)(H,80,103)(H,81,106)(H,93,94)(H,95,96)(H,97,98)(H,99,100)/t41-,43+,44+,45+,46+,47+,48+,49+,50+,58+/m1/s1. The van der Waals surface area contributed by atoms with Gasteiger partial charge in [0, 0.05) is 110 Å². The molecule has 14 amide bonds. The number of nitrogens with zero attached hydrogens (tertiary/aromatic N) is 7. The minimum Gasteiger partial charge on any atom is -0.481 e. The SMILES string of the molecule is CCCCCC(=O)N[C@H]1CSC2=C(SC[C@@H](C(=O)N[C@@H](CC(=O)O)C(=O)N[C@@H](CCCCNC(=O)CN3CCN(CC(=O)O)CCN(CC(=O)O)CCN(CC(=O)O)CC3)C(N)=O)NC(=O)[C@H](Cc3ccccc3)NC(=O)[C@H](CCC(N)=O)NC(=O)[C@H]([C@@H](C)O)NC(=O)[C@@H]3CCCN3C(=O)[C@@H]3CCCN3C1=O)C(=O)N(C)C2=O. The predicted octanol–water partition coefficient (Wildman–Crippen LogP) is -5.76. The summed E-state index contributed by atoms with van der Waals surface area (Å²) >= 11 is 1.19. The van der Waals surface area contributed by atoms with Gasteiger partial charge < -0.3 is 89.3 Å². The molecule has 1 aromatic carbocycles. The Labute approximate surface area is 660 Å². The van der Waals surface area contributed by atoms with Crippen LogP contribution < -0.4 is 54.0 Å². The first-order valence-electron chi connectivity index (χ1n) is 37.5. The molecule has 113 heavy (non-hydrogen) atoms. The molecule has 0 radical (unpaired) electrons. The lowest BCUT2D eigenvalue weighted by Gasteiger charge is -2.33. The molecule has 0 aromatic heterocycles. The number of carbonyl (C=O) groups excluding carboxylic acids is 14. The summed E-state index contributed by atoms with van der Waals surface area (Å²) < 4.78 is 0. The highest BCUT2D eigenvalue weighted by Gasteiger charge is 2.46. The van der Waals surface area contributed by atoms with Crippen molar-refractivity contribution in [3.8, 4) is 0 Å². The van der Waals surface area contributed by atoms with Gasteiger partial charge in [-0.05, 0) is 70.3 Å². The van der Waals surface area contributed by atoms with Crippen LogP contribution in [0, 0.1) is 0 Å². The molecular weight excluding hydrogens is 1520 g/mol. The first kappa shape index (κ1) is 92.0. The molecule has 42 heteroatoms. The maximum Gasteiger partial charge on any atom is 0.317 e. The van der Waals surface area contributed by atoms with Crippen molar-refractivity contribution in [2.75, 3.05) is 117 Å². The van der Waals surface area contributed by atoms with Crippen LogP contribution in [-0.4, -0.2) is 344 Å². The third-order valence-corrected chi connectivity index (χ3v) is 22.0. The number of benzene rings is 1. The van der Waals surface area contributed by atoms with Gasteiger partial charge in [0.05, 0.1) is 48.5 Å². The number of primary amides is 2. The fraction of sp³-hybridized carbons (Fsp3) is 0.634. The van der Waals surface area contributed by atoms with Crippen LogP contribution in [0.2, 0.25) is 0 Å². The number of aliphatic hydroxyl groups excluding tert-OH is 1. The largest absolute Gasteiger partial charge is 0.481 e. The van der Waals surface area contributed by atoms with E-state index in [2.05, 4.69) is 42.5 Å². The van der Waals surface area contributed by atoms with Crippen LogP contribution in [0.5, 0.6) is 0 Å². The smallest absolute Gasteiger partial charge is 0.317 e. The molecule has 6 rings (SSSR count). The topological polar surface area (TPSA) is 579 Å². The van der Waals surface area contributed by atoms with Gasteiger partial charge in [0.1, 0.15) is 54.4 Å². The molecule has 5 heterocycles. The number of nitrogens with one attached hydrogen (secondary N) is 8. The number of hydrogen-bond donors (Lipinski definition) is 15. The summed E-state index contributed by atoms with van der Waals surface area (Å²) in [7, 11) is 1.14. The van der Waals surface area contributed by atoms with Crippen molar-refractivity contribution in [1.82, 2.24) is 76.8 Å². The lowest BCUT2D eigenvalue weighted by atomic mass is 10.0. The lowest BCUT2D eigenvalue weighted by molar-refractivity contribution is -0.148. The van der Waals surface area contributed by atoms with Gasteiger partial charge in [0.25, 0.3) is 11.8 Å². The quantitative estimate of drug-likeness (QED) is 0.0243. The number of carboxylic acids is 4. The molecule has 3 saturated heterocycles. The zero-order valence-corrected chi connectivity index (χ0v) is 65.1. The van der Waals surface area contributed by atoms with Crippen LogP contribution >= 0.6 is 23.5 Å². The summed E-state index contributed by atoms with van der Waals surface area (Å²) in [6.07, 6.45) is -1.80. The molecular formula is C71H105N17O23S2. The zero-order valence-electron chi connectivity index (χ0n) is 63.5. The van der Waals surface area contributed by atoms with Gasteiger partial charge in [-0.15, -0.1) is 23.5 Å². The maximum absolute atomic E-state index is 15.1. The van der Waals surface area contributed by atoms with E-state index in [-0.39, 0.29) is 147 Å². The average Bonchev–Trinajstić information content (AvgIpc) is 1.65. The Hall–Kier alpha value is -9.88. The van der Waals surface area contributed by atoms with Crippen LogP contribution in [0.25, 0.3) is 0 Å². The fourth-order valence-electron chi connectivity index (χ4n) is 13.4. The number of carbonyl (C=O) groups is 18. The number of likely N-dealkylation sites (N-methyl/N-ethyl adjacent to an activating group) is 1. The maximum atomic E-state index is 15.1. The van der Waals surface area contributed by atoms with Crippen molar-refractivity contribution < 1.29 is 112 Å². The van der Waals surface area contributed by atoms with Gasteiger partial charge in [0.2, 0.25) is 70.9 Å². The average molecular weight is 1630 g/mol. The van der Waals surface area contributed by atoms with Gasteiger partial charge in [0.15, 0.2) is 0 Å². The highest BCUT2D eigenvalue weighted by molar-refractivity contribution is 8.08. The molecule has 0 unspecified atom stereocenters. The van der Waals surface area contributed by atoms with Crippen molar-refractivity contribution in [3.63, 3.8) is 0 Å². The number of unbranched alkanes of at least 4 members (excludes halogenated alkanes) is 3. The van der Waals surface area contributed by atoms with Crippen LogP contribution in [-0.2, 0) is 92.7 Å². The van der Waals surface area contributed by atoms with Crippen molar-refractivity contribution in [1.29, 1.82) is 0 Å². The summed E-state index contributed by atoms with van der Waals surface area (Å²) in [5.74, 6) is -19.7. The van der Waals surface area contributed by atoms with Crippen LogP contribution in [0.15, 0.2) is 40.1 Å². The molecule has 624 valence electrons. The molecule has 5 aliphatic heterocycles. The lowest BCUT2D eigenvalue weighted by Crippen LogP contribution is -2.62. The van der Waals surface area contributed by atoms with Crippen LogP contribution in [0.1, 0.15) is 109 Å². The van der Waals surface area contributed by atoms with Crippen LogP contribution in [0.3, 0.4) is 0 Å². The van der Waals surface area contributed by atoms with Gasteiger partial charge in [-0.2, -0.15) is 0 Å². The molecule has 40 nitrogen and oxygen atoms in total. The van der Waals surface area contributed by atoms with E-state index in [1.54, 1.807) is 49.9 Å². The molecule has 0 saturated carbocycles. The highest BCUT2D eigenvalue weighted by atomic mass is 32.2. The number of rotatable bonds is 31. The van der Waals surface area contributed by atoms with E-state index >= 15 is 9.59 Å². The molecule has 0 aliphatic carbocycles. The van der Waals surface area contributed by atoms with E-state index < -0.39 is 204 Å². The molecule has 3 fully saturated rings. The molecule has 5 aliphatic rings. The molecule has 17 N–H and O–H groups in total. The normalized spacial score (nSPS) is 23.2. The first-order valence-corrected chi connectivity index (χ1v) is 39.5. The Morgan fingerprint density at radius 1 is 0.566 bits per heavy atom. The van der Waals surface area contributed by atoms with Crippen molar-refractivity contribution in [3.05, 3.63) is 45.7 Å². The third-order valence-electron chi connectivity index (χ3n) is 19.5. The molecule has 10 atom stereocenters. The molecule has 0 bridgehead atoms. The Bertz CT molecular complexity index is 3640. The number of thioether (sulfide) groups is 2. The Balaban J connectivity index is 1.30. The predicted molar refractivity (Wildman–Crippen MR) is 404 cm³/mol. The summed E-state index contributed by atoms with van der Waals surface area (Å²) in [6.45, 7) is 2.91. The number of imide groups is 1. The van der Waals surface area contributed by atoms with Gasteiger partial charge in [-0.25, -0.2) is 0 Å². The summed E-state index contributed by atoms with van der Waals surface area (Å²) in [5.41, 5.74) is 11.7. The number of nitrogens with two attached hydrogens (primary N) is 2. The van der Waals surface area contributed by atoms with E-state index in [1.807, 2.05) is 6.92 Å². The minimum absolute atomic E-state index is 0.00472. The minimum atomic E-state index is -2.09. The fourth-order valence-corrected chi connectivity index (χ4v) is 15.8. The number of aliphatic carboxylic acids is 4. The van der Waals surface area contributed by atoms with Crippen molar-refractivity contribution in [2.24, 2.45) is 11.5 Å². The second-order valence-corrected chi connectivity index (χ2v) is 30.3. The number of carboxylic acid groups (broad SMARTS) is 4.